The van der Waals surface area contributed by atoms with E-state index in [4.69, 9.17) is 0 Å². The van der Waals surface area contributed by atoms with Crippen molar-refractivity contribution in [2.75, 3.05) is 6.67 Å². The minimum Gasteiger partial charge on any atom is -0.315 e. The van der Waals surface area contributed by atoms with E-state index >= 15 is 0 Å². The van der Waals surface area contributed by atoms with E-state index in [0.29, 0.717) is 12.6 Å². The van der Waals surface area contributed by atoms with Crippen molar-refractivity contribution < 1.29 is 14.0 Å². The predicted octanol–water partition coefficient (Wildman–Crippen LogP) is 4.86. The van der Waals surface area contributed by atoms with Crippen LogP contribution in [0.5, 0.6) is 0 Å². The molecular weight excluding hydrogens is 429 g/mol. The average Bonchev–Trinajstić information content (AvgIpc) is 3.65. The van der Waals surface area contributed by atoms with Crippen molar-refractivity contribution in [2.24, 2.45) is 0 Å². The number of nitrogens with one attached hydrogen (secondary N) is 1. The largest absolute Gasteiger partial charge is 0.326 e. The van der Waals surface area contributed by atoms with Gasteiger partial charge in [0.2, 0.25) is 0 Å². The highest BCUT2D eigenvalue weighted by atomic mass is 19.1. The van der Waals surface area contributed by atoms with Gasteiger partial charge in [0.1, 0.15) is 5.82 Å². The summed E-state index contributed by atoms with van der Waals surface area (Å²) in [6.07, 6.45) is 2.04. The molecular formula is C28H28FN3O2. The number of halogens is 1. The van der Waals surface area contributed by atoms with E-state index in [1.807, 2.05) is 62.4 Å². The van der Waals surface area contributed by atoms with Gasteiger partial charge < -0.3 is 5.32 Å². The molecule has 0 spiro atoms. The number of carbonyl (C=O) groups excluding carboxylic acids is 2. The summed E-state index contributed by atoms with van der Waals surface area (Å²) in [7, 11) is 0. The van der Waals surface area contributed by atoms with Crippen LogP contribution in [-0.2, 0) is 16.9 Å². The summed E-state index contributed by atoms with van der Waals surface area (Å²) in [6, 6.07) is 21.6. The molecule has 1 atom stereocenters. The zero-order valence-corrected chi connectivity index (χ0v) is 19.4. The number of imide groups is 1. The number of benzene rings is 3. The maximum Gasteiger partial charge on any atom is 0.326 e. The van der Waals surface area contributed by atoms with Gasteiger partial charge in [0, 0.05) is 12.6 Å². The third kappa shape index (κ3) is 3.99. The Labute approximate surface area is 199 Å². The maximum atomic E-state index is 14.1. The molecule has 174 valence electrons. The molecule has 3 aromatic carbocycles. The van der Waals surface area contributed by atoms with Crippen LogP contribution in [0.15, 0.2) is 72.8 Å². The standard InChI is InChI=1S/C28H28FN3O2/c1-19-8-11-23(16-20(19)2)28(22-6-4-3-5-7-22)26(33)32(27(34)30-28)18-31(25-14-15-25)17-21-9-12-24(29)13-10-21/h3-13,16,25H,14-15,17-18H2,1-2H3,(H,30,34)/t28-/m0/s1. The number of amides is 3. The van der Waals surface area contributed by atoms with Crippen molar-refractivity contribution in [1.29, 1.82) is 0 Å². The molecule has 1 saturated heterocycles. The van der Waals surface area contributed by atoms with Crippen molar-refractivity contribution >= 4 is 11.9 Å². The fraction of sp³-hybridized carbons (Fsp3) is 0.286. The summed E-state index contributed by atoms with van der Waals surface area (Å²) in [5.41, 5.74) is 3.34. The Kier molecular flexibility index (Phi) is 5.70. The number of aryl methyl sites for hydroxylation is 2. The van der Waals surface area contributed by atoms with Crippen molar-refractivity contribution in [2.45, 2.75) is 44.8 Å². The fourth-order valence-corrected chi connectivity index (χ4v) is 4.67. The Hall–Kier alpha value is -3.51. The Morgan fingerprint density at radius 3 is 2.29 bits per heavy atom. The first-order chi connectivity index (χ1) is 16.4. The lowest BCUT2D eigenvalue weighted by Crippen LogP contribution is -2.46. The van der Waals surface area contributed by atoms with Gasteiger partial charge in [-0.05, 0) is 66.6 Å². The molecule has 1 heterocycles. The normalized spacial score (nSPS) is 20.2. The molecule has 0 unspecified atom stereocenters. The second-order valence-corrected chi connectivity index (χ2v) is 9.32. The molecule has 5 nitrogen and oxygen atoms in total. The Balaban J connectivity index is 1.49. The minimum absolute atomic E-state index is 0.187. The molecule has 34 heavy (non-hydrogen) atoms. The fourth-order valence-electron chi connectivity index (χ4n) is 4.67. The highest BCUT2D eigenvalue weighted by molar-refractivity contribution is 6.09. The van der Waals surface area contributed by atoms with Crippen LogP contribution in [0.3, 0.4) is 0 Å². The SMILES string of the molecule is Cc1ccc([C@]2(c3ccccc3)NC(=O)N(CN(Cc3ccc(F)cc3)C3CC3)C2=O)cc1C. The monoisotopic (exact) mass is 457 g/mol. The van der Waals surface area contributed by atoms with Crippen molar-refractivity contribution in [3.8, 4) is 0 Å². The van der Waals surface area contributed by atoms with Crippen LogP contribution in [-0.4, -0.2) is 34.4 Å². The van der Waals surface area contributed by atoms with E-state index in [1.54, 1.807) is 12.1 Å². The number of hydrogen-bond donors (Lipinski definition) is 1. The van der Waals surface area contributed by atoms with Gasteiger partial charge in [0.15, 0.2) is 5.54 Å². The van der Waals surface area contributed by atoms with Gasteiger partial charge in [-0.2, -0.15) is 0 Å². The first-order valence-electron chi connectivity index (χ1n) is 11.6. The predicted molar refractivity (Wildman–Crippen MR) is 128 cm³/mol. The average molecular weight is 458 g/mol. The van der Waals surface area contributed by atoms with Gasteiger partial charge in [0.05, 0.1) is 6.67 Å². The molecule has 0 aromatic heterocycles. The second kappa shape index (κ2) is 8.69. The van der Waals surface area contributed by atoms with E-state index in [2.05, 4.69) is 10.2 Å². The van der Waals surface area contributed by atoms with Crippen LogP contribution < -0.4 is 5.32 Å². The molecule has 3 aromatic rings. The molecule has 0 bridgehead atoms. The van der Waals surface area contributed by atoms with Crippen molar-refractivity contribution in [3.63, 3.8) is 0 Å². The number of rotatable bonds is 7. The van der Waals surface area contributed by atoms with Gasteiger partial charge in [-0.3, -0.25) is 9.69 Å². The summed E-state index contributed by atoms with van der Waals surface area (Å²) >= 11 is 0. The highest BCUT2D eigenvalue weighted by Gasteiger charge is 2.54. The zero-order valence-electron chi connectivity index (χ0n) is 19.4. The zero-order chi connectivity index (χ0) is 23.9. The van der Waals surface area contributed by atoms with Gasteiger partial charge in [-0.25, -0.2) is 14.1 Å². The molecule has 1 saturated carbocycles. The summed E-state index contributed by atoms with van der Waals surface area (Å²) in [4.78, 5) is 30.8. The number of carbonyl (C=O) groups is 2. The van der Waals surface area contributed by atoms with E-state index in [-0.39, 0.29) is 18.4 Å². The van der Waals surface area contributed by atoms with Crippen molar-refractivity contribution in [3.05, 3.63) is 106 Å². The summed E-state index contributed by atoms with van der Waals surface area (Å²) in [6.45, 7) is 4.77. The van der Waals surface area contributed by atoms with Crippen LogP contribution in [0.25, 0.3) is 0 Å². The first kappa shape index (κ1) is 22.3. The van der Waals surface area contributed by atoms with E-state index in [0.717, 1.165) is 40.7 Å². The van der Waals surface area contributed by atoms with Crippen LogP contribution in [0.2, 0.25) is 0 Å². The Morgan fingerprint density at radius 1 is 0.941 bits per heavy atom. The quantitative estimate of drug-likeness (QED) is 0.516. The third-order valence-corrected chi connectivity index (χ3v) is 6.94. The molecule has 2 fully saturated rings. The lowest BCUT2D eigenvalue weighted by atomic mass is 9.81. The van der Waals surface area contributed by atoms with E-state index in [9.17, 15) is 14.0 Å². The second-order valence-electron chi connectivity index (χ2n) is 9.32. The lowest BCUT2D eigenvalue weighted by molar-refractivity contribution is -0.132. The molecule has 2 aliphatic rings. The number of hydrogen-bond acceptors (Lipinski definition) is 3. The third-order valence-electron chi connectivity index (χ3n) is 6.94. The highest BCUT2D eigenvalue weighted by Crippen LogP contribution is 2.38. The minimum atomic E-state index is -1.28. The van der Waals surface area contributed by atoms with E-state index in [1.165, 1.54) is 17.0 Å². The van der Waals surface area contributed by atoms with Gasteiger partial charge in [0.25, 0.3) is 5.91 Å². The molecule has 6 heteroatoms. The Morgan fingerprint density at radius 2 is 1.65 bits per heavy atom. The lowest BCUT2D eigenvalue weighted by Gasteiger charge is -2.30. The van der Waals surface area contributed by atoms with Gasteiger partial charge in [-0.1, -0.05) is 60.7 Å². The first-order valence-corrected chi connectivity index (χ1v) is 11.6. The smallest absolute Gasteiger partial charge is 0.315 e. The maximum absolute atomic E-state index is 14.1. The molecule has 5 rings (SSSR count). The van der Waals surface area contributed by atoms with Crippen molar-refractivity contribution in [1.82, 2.24) is 15.1 Å². The molecule has 1 aliphatic carbocycles. The summed E-state index contributed by atoms with van der Waals surface area (Å²) in [5, 5.41) is 3.04. The molecule has 1 N–H and O–H groups in total. The number of nitrogens with zero attached hydrogens (tertiary/aromatic N) is 2. The van der Waals surface area contributed by atoms with Crippen LogP contribution in [0.1, 0.15) is 40.7 Å². The van der Waals surface area contributed by atoms with Gasteiger partial charge >= 0.3 is 6.03 Å². The summed E-state index contributed by atoms with van der Waals surface area (Å²) in [5.74, 6) is -0.562. The number of urea groups is 1. The molecule has 3 amide bonds. The van der Waals surface area contributed by atoms with Crippen LogP contribution >= 0.6 is 0 Å². The topological polar surface area (TPSA) is 52.7 Å². The van der Waals surface area contributed by atoms with Crippen LogP contribution in [0.4, 0.5) is 9.18 Å². The Bertz CT molecular complexity index is 1220. The van der Waals surface area contributed by atoms with Gasteiger partial charge in [-0.15, -0.1) is 0 Å². The summed E-state index contributed by atoms with van der Waals surface area (Å²) < 4.78 is 13.4. The van der Waals surface area contributed by atoms with E-state index < -0.39 is 11.6 Å². The molecule has 1 aliphatic heterocycles. The molecule has 0 radical (unpaired) electrons. The van der Waals surface area contributed by atoms with Crippen LogP contribution in [0, 0.1) is 19.7 Å².